The van der Waals surface area contributed by atoms with E-state index >= 15 is 0 Å². The van der Waals surface area contributed by atoms with Crippen LogP contribution in [0.5, 0.6) is 0 Å². The second-order valence-corrected chi connectivity index (χ2v) is 4.88. The first-order valence-corrected chi connectivity index (χ1v) is 6.08. The minimum atomic E-state index is -3.74. The van der Waals surface area contributed by atoms with Gasteiger partial charge in [0.15, 0.2) is 0 Å². The maximum Gasteiger partial charge on any atom is 0.370 e. The minimum absolute atomic E-state index is 0.0164. The van der Waals surface area contributed by atoms with Crippen molar-refractivity contribution in [1.82, 2.24) is 0 Å². The number of azide groups is 1. The van der Waals surface area contributed by atoms with Crippen molar-refractivity contribution in [2.45, 2.75) is 5.85 Å². The first kappa shape index (κ1) is 15.9. The highest BCUT2D eigenvalue weighted by atomic mass is 31.2. The molecular weight excluding hydrogens is 253 g/mol. The Kier molecular flexibility index (Phi) is 7.53. The summed E-state index contributed by atoms with van der Waals surface area (Å²) in [5, 5.41) is 3.19. The third-order valence-electron chi connectivity index (χ3n) is 1.73. The summed E-state index contributed by atoms with van der Waals surface area (Å²) in [5.41, 5.74) is 8.05. The van der Waals surface area contributed by atoms with Crippen molar-refractivity contribution in [3.8, 4) is 0 Å². The Morgan fingerprint density at radius 1 is 1.41 bits per heavy atom. The molecule has 0 rings (SSSR count). The number of hydrogen-bond acceptors (Lipinski definition) is 7. The van der Waals surface area contributed by atoms with Gasteiger partial charge in [0.25, 0.3) is 5.85 Å². The monoisotopic (exact) mass is 267 g/mol. The Labute approximate surface area is 98.1 Å². The van der Waals surface area contributed by atoms with E-state index in [1.807, 2.05) is 0 Å². The largest absolute Gasteiger partial charge is 0.467 e. The van der Waals surface area contributed by atoms with E-state index in [1.165, 1.54) is 0 Å². The molecule has 98 valence electrons. The molecule has 0 radical (unpaired) electrons. The van der Waals surface area contributed by atoms with E-state index in [1.54, 1.807) is 0 Å². The summed E-state index contributed by atoms with van der Waals surface area (Å²) in [7, 11) is -0.387. The van der Waals surface area contributed by atoms with Crippen LogP contribution in [0, 0.1) is 0 Å². The van der Waals surface area contributed by atoms with Crippen molar-refractivity contribution in [3.05, 3.63) is 10.4 Å². The first-order valence-electron chi connectivity index (χ1n) is 4.47. The fourth-order valence-corrected chi connectivity index (χ4v) is 2.09. The molecule has 10 heteroatoms. The van der Waals surface area contributed by atoms with Crippen LogP contribution in [-0.2, 0) is 27.9 Å². The van der Waals surface area contributed by atoms with Crippen molar-refractivity contribution in [2.75, 3.05) is 34.5 Å². The Bertz CT molecular complexity index is 335. The van der Waals surface area contributed by atoms with Crippen LogP contribution in [0.1, 0.15) is 0 Å². The van der Waals surface area contributed by atoms with Gasteiger partial charge in [-0.25, -0.2) is 4.79 Å². The smallest absolute Gasteiger partial charge is 0.370 e. The molecule has 0 fully saturated rings. The molecule has 1 atom stereocenters. The number of methoxy groups -OCH3 is 1. The molecule has 0 heterocycles. The van der Waals surface area contributed by atoms with Crippen molar-refractivity contribution in [3.63, 3.8) is 0 Å². The molecular formula is C7H14N3O6P. The summed E-state index contributed by atoms with van der Waals surface area (Å²) in [6.45, 7) is -0.127. The van der Waals surface area contributed by atoms with E-state index < -0.39 is 19.4 Å². The third kappa shape index (κ3) is 4.72. The second kappa shape index (κ2) is 8.05. The van der Waals surface area contributed by atoms with E-state index in [2.05, 4.69) is 23.8 Å². The summed E-state index contributed by atoms with van der Waals surface area (Å²) in [5.74, 6) is -2.39. The lowest BCUT2D eigenvalue weighted by Gasteiger charge is -2.21. The second-order valence-electron chi connectivity index (χ2n) is 2.61. The van der Waals surface area contributed by atoms with Gasteiger partial charge in [-0.2, -0.15) is 0 Å². The minimum Gasteiger partial charge on any atom is -0.467 e. The molecule has 0 aliphatic carbocycles. The molecule has 0 amide bonds. The number of carbonyl (C=O) groups excluding carboxylic acids is 1. The van der Waals surface area contributed by atoms with E-state index in [9.17, 15) is 9.36 Å². The zero-order chi connectivity index (χ0) is 13.3. The maximum absolute atomic E-state index is 11.9. The number of carbonyl (C=O) groups is 1. The van der Waals surface area contributed by atoms with Crippen molar-refractivity contribution in [1.29, 1.82) is 0 Å². The van der Waals surface area contributed by atoms with Gasteiger partial charge < -0.3 is 18.5 Å². The van der Waals surface area contributed by atoms with Gasteiger partial charge in [0.1, 0.15) is 0 Å². The number of rotatable bonds is 8. The van der Waals surface area contributed by atoms with Gasteiger partial charge in [-0.3, -0.25) is 4.57 Å². The molecule has 0 N–H and O–H groups in total. The number of hydrogen-bond donors (Lipinski definition) is 0. The zero-order valence-electron chi connectivity index (χ0n) is 9.73. The zero-order valence-corrected chi connectivity index (χ0v) is 10.6. The van der Waals surface area contributed by atoms with Crippen LogP contribution in [0.4, 0.5) is 0 Å². The molecule has 0 aromatic carbocycles. The summed E-state index contributed by atoms with van der Waals surface area (Å²) >= 11 is 0. The van der Waals surface area contributed by atoms with Crippen LogP contribution < -0.4 is 0 Å². The molecule has 0 aliphatic rings. The Morgan fingerprint density at radius 3 is 2.41 bits per heavy atom. The molecule has 1 unspecified atom stereocenters. The van der Waals surface area contributed by atoms with Crippen LogP contribution in [-0.4, -0.2) is 46.3 Å². The lowest BCUT2D eigenvalue weighted by atomic mass is 10.7. The van der Waals surface area contributed by atoms with Gasteiger partial charge in [0.05, 0.1) is 13.7 Å². The maximum atomic E-state index is 11.9. The molecule has 0 saturated heterocycles. The number of esters is 1. The summed E-state index contributed by atoms with van der Waals surface area (Å²) in [6, 6.07) is 0. The topological polar surface area (TPSA) is 120 Å². The number of nitrogens with zero attached hydrogens (tertiary/aromatic N) is 3. The highest BCUT2D eigenvalue weighted by Crippen LogP contribution is 2.52. The van der Waals surface area contributed by atoms with Gasteiger partial charge in [0.2, 0.25) is 0 Å². The van der Waals surface area contributed by atoms with Gasteiger partial charge >= 0.3 is 13.6 Å². The van der Waals surface area contributed by atoms with Crippen LogP contribution in [0.3, 0.4) is 0 Å². The van der Waals surface area contributed by atoms with E-state index in [0.29, 0.717) is 0 Å². The van der Waals surface area contributed by atoms with Crippen molar-refractivity contribution >= 4 is 13.6 Å². The van der Waals surface area contributed by atoms with Crippen LogP contribution in [0.15, 0.2) is 5.11 Å². The molecule has 0 bridgehead atoms. The average molecular weight is 267 g/mol. The van der Waals surface area contributed by atoms with E-state index in [0.717, 1.165) is 21.3 Å². The Balaban J connectivity index is 4.70. The molecule has 0 aromatic heterocycles. The molecule has 0 aromatic rings. The summed E-state index contributed by atoms with van der Waals surface area (Å²) in [6.07, 6.45) is 0. The van der Waals surface area contributed by atoms with Crippen LogP contribution in [0.2, 0.25) is 0 Å². The quantitative estimate of drug-likeness (QED) is 0.163. The molecule has 0 saturated carbocycles. The molecule has 0 aliphatic heterocycles. The predicted molar refractivity (Wildman–Crippen MR) is 57.4 cm³/mol. The van der Waals surface area contributed by atoms with E-state index in [4.69, 9.17) is 10.3 Å². The predicted octanol–water partition coefficient (Wildman–Crippen LogP) is 1.30. The Hall–Kier alpha value is -1.11. The van der Waals surface area contributed by atoms with Gasteiger partial charge in [-0.15, -0.1) is 0 Å². The van der Waals surface area contributed by atoms with Gasteiger partial charge in [-0.05, 0) is 5.53 Å². The highest BCUT2D eigenvalue weighted by Gasteiger charge is 2.42. The normalized spacial score (nSPS) is 12.6. The Morgan fingerprint density at radius 2 is 2.00 bits per heavy atom. The number of ether oxygens (including phenoxy) is 2. The standard InChI is InChI=1S/C7H14N3O6P/c1-13-6(11)7(16-5-4-9-10-8)17(12,14-2)15-3/h7H,4-5H2,1-3H3. The SMILES string of the molecule is COC(=O)C(OCCN=[N+]=[N-])P(=O)(OC)OC. The molecule has 9 nitrogen and oxygen atoms in total. The first-order chi connectivity index (χ1) is 8.05. The van der Waals surface area contributed by atoms with Crippen LogP contribution in [0.25, 0.3) is 10.4 Å². The fourth-order valence-electron chi connectivity index (χ4n) is 0.905. The molecule has 17 heavy (non-hydrogen) atoms. The van der Waals surface area contributed by atoms with Crippen molar-refractivity contribution in [2.24, 2.45) is 5.11 Å². The van der Waals surface area contributed by atoms with Crippen molar-refractivity contribution < 1.29 is 27.9 Å². The van der Waals surface area contributed by atoms with Gasteiger partial charge in [0, 0.05) is 25.7 Å². The highest BCUT2D eigenvalue weighted by molar-refractivity contribution is 7.55. The average Bonchev–Trinajstić information content (AvgIpc) is 2.37. The third-order valence-corrected chi connectivity index (χ3v) is 3.68. The fraction of sp³-hybridized carbons (Fsp3) is 0.857. The lowest BCUT2D eigenvalue weighted by molar-refractivity contribution is -0.149. The summed E-state index contributed by atoms with van der Waals surface area (Å²) < 4.78 is 30.6. The van der Waals surface area contributed by atoms with E-state index in [-0.39, 0.29) is 13.2 Å². The molecule has 0 spiro atoms. The lowest BCUT2D eigenvalue weighted by Crippen LogP contribution is -2.28. The van der Waals surface area contributed by atoms with Crippen LogP contribution >= 0.6 is 7.60 Å². The van der Waals surface area contributed by atoms with Gasteiger partial charge in [-0.1, -0.05) is 5.11 Å². The summed E-state index contributed by atoms with van der Waals surface area (Å²) in [4.78, 5) is 13.9.